The average molecular weight is 343 g/mol. The average Bonchev–Trinajstić information content (AvgIpc) is 2.70. The Hall–Kier alpha value is -1.08. The minimum Gasteiger partial charge on any atom is -0.465 e. The molecular weight excluding hydrogens is 324 g/mol. The number of amides is 1. The smallest absolute Gasteiger partial charge is 0.407 e. The van der Waals surface area contributed by atoms with E-state index in [0.717, 1.165) is 36.1 Å². The number of halogens is 1. The Kier molecular flexibility index (Phi) is 3.72. The zero-order valence-corrected chi connectivity index (χ0v) is 13.1. The Morgan fingerprint density at radius 2 is 2.15 bits per heavy atom. The minimum absolute atomic E-state index is 0.371. The van der Waals surface area contributed by atoms with Crippen LogP contribution in [0.1, 0.15) is 24.6 Å². The topological polar surface area (TPSA) is 61.6 Å². The quantitative estimate of drug-likeness (QED) is 0.892. The van der Waals surface area contributed by atoms with Crippen LogP contribution >= 0.6 is 15.9 Å². The molecule has 2 aliphatic rings. The van der Waals surface area contributed by atoms with Gasteiger partial charge >= 0.3 is 6.09 Å². The van der Waals surface area contributed by atoms with Gasteiger partial charge in [-0.2, -0.15) is 5.10 Å². The van der Waals surface area contributed by atoms with Crippen molar-refractivity contribution in [2.45, 2.75) is 31.8 Å². The van der Waals surface area contributed by atoms with E-state index in [9.17, 15) is 4.79 Å². The molecule has 2 saturated heterocycles. The fourth-order valence-corrected chi connectivity index (χ4v) is 3.41. The van der Waals surface area contributed by atoms with Crippen LogP contribution in [0.15, 0.2) is 10.7 Å². The molecule has 0 spiro atoms. The van der Waals surface area contributed by atoms with Gasteiger partial charge in [0.1, 0.15) is 0 Å². The highest BCUT2D eigenvalue weighted by molar-refractivity contribution is 9.10. The van der Waals surface area contributed by atoms with Crippen molar-refractivity contribution in [2.24, 2.45) is 0 Å². The summed E-state index contributed by atoms with van der Waals surface area (Å²) in [6.07, 6.45) is 3.10. The van der Waals surface area contributed by atoms with Crippen LogP contribution in [0.2, 0.25) is 0 Å². The summed E-state index contributed by atoms with van der Waals surface area (Å²) in [6.45, 7) is 5.31. The van der Waals surface area contributed by atoms with Gasteiger partial charge in [-0.1, -0.05) is 0 Å². The van der Waals surface area contributed by atoms with Crippen LogP contribution in [-0.4, -0.2) is 63.0 Å². The molecule has 2 fully saturated rings. The first kappa shape index (κ1) is 13.9. The molecule has 0 aromatic carbocycles. The molecule has 0 aliphatic carbocycles. The molecule has 1 N–H and O–H groups in total. The van der Waals surface area contributed by atoms with Gasteiger partial charge in [0.15, 0.2) is 0 Å². The summed E-state index contributed by atoms with van der Waals surface area (Å²) in [5, 5.41) is 13.5. The number of carboxylic acid groups (broad SMARTS) is 1. The minimum atomic E-state index is -0.793. The molecular formula is C13H19BrN4O2. The van der Waals surface area contributed by atoms with Crippen LogP contribution < -0.4 is 0 Å². The lowest BCUT2D eigenvalue weighted by Crippen LogP contribution is -2.58. The highest BCUT2D eigenvalue weighted by atomic mass is 79.9. The van der Waals surface area contributed by atoms with E-state index < -0.39 is 6.09 Å². The van der Waals surface area contributed by atoms with Gasteiger partial charge in [-0.05, 0) is 35.7 Å². The molecule has 1 atom stereocenters. The van der Waals surface area contributed by atoms with Crippen LogP contribution in [-0.2, 0) is 0 Å². The lowest BCUT2D eigenvalue weighted by Gasteiger charge is -2.47. The molecule has 1 aromatic rings. The predicted octanol–water partition coefficient (Wildman–Crippen LogP) is 1.95. The van der Waals surface area contributed by atoms with E-state index in [2.05, 4.69) is 37.5 Å². The summed E-state index contributed by atoms with van der Waals surface area (Å²) in [4.78, 5) is 15.0. The van der Waals surface area contributed by atoms with Gasteiger partial charge in [-0.3, -0.25) is 9.58 Å². The van der Waals surface area contributed by atoms with E-state index >= 15 is 0 Å². The zero-order chi connectivity index (χ0) is 14.3. The first-order chi connectivity index (χ1) is 9.56. The standard InChI is InChI=1S/C13H19BrN4O2/c1-9-12(14)5-15-18(9)11-7-17(8-11)10-3-2-4-16(6-10)13(19)20/h5,10-11H,2-4,6-8H2,1H3,(H,19,20)/t10-/m1/s1. The Morgan fingerprint density at radius 1 is 1.40 bits per heavy atom. The molecule has 3 rings (SSSR count). The van der Waals surface area contributed by atoms with Gasteiger partial charge in [-0.15, -0.1) is 0 Å². The summed E-state index contributed by atoms with van der Waals surface area (Å²) >= 11 is 3.48. The van der Waals surface area contributed by atoms with Crippen LogP contribution in [0.25, 0.3) is 0 Å². The monoisotopic (exact) mass is 342 g/mol. The largest absolute Gasteiger partial charge is 0.465 e. The van der Waals surface area contributed by atoms with E-state index in [1.54, 1.807) is 0 Å². The fraction of sp³-hybridized carbons (Fsp3) is 0.692. The van der Waals surface area contributed by atoms with Gasteiger partial charge in [0.25, 0.3) is 0 Å². The van der Waals surface area contributed by atoms with Gasteiger partial charge < -0.3 is 10.0 Å². The molecule has 110 valence electrons. The zero-order valence-electron chi connectivity index (χ0n) is 11.5. The molecule has 7 heteroatoms. The molecule has 3 heterocycles. The lowest BCUT2D eigenvalue weighted by molar-refractivity contribution is 0.0159. The SMILES string of the molecule is Cc1c(Br)cnn1C1CN([C@@H]2CCCN(C(=O)O)C2)C1. The molecule has 0 saturated carbocycles. The normalized spacial score (nSPS) is 24.7. The van der Waals surface area contributed by atoms with Crippen LogP contribution in [0.4, 0.5) is 4.79 Å². The molecule has 1 amide bonds. The molecule has 20 heavy (non-hydrogen) atoms. The third kappa shape index (κ3) is 2.44. The summed E-state index contributed by atoms with van der Waals surface area (Å²) in [5.74, 6) is 0. The number of aromatic nitrogens is 2. The highest BCUT2D eigenvalue weighted by Crippen LogP contribution is 2.29. The van der Waals surface area contributed by atoms with Crippen molar-refractivity contribution in [1.82, 2.24) is 19.6 Å². The summed E-state index contributed by atoms with van der Waals surface area (Å²) in [6, 6.07) is 0.789. The maximum Gasteiger partial charge on any atom is 0.407 e. The van der Waals surface area contributed by atoms with Gasteiger partial charge in [0.05, 0.1) is 16.7 Å². The first-order valence-corrected chi connectivity index (χ1v) is 7.77. The highest BCUT2D eigenvalue weighted by Gasteiger charge is 2.37. The van der Waals surface area contributed by atoms with Crippen molar-refractivity contribution in [3.8, 4) is 0 Å². The maximum atomic E-state index is 11.1. The number of rotatable bonds is 2. The Bertz CT molecular complexity index is 512. The number of nitrogens with zero attached hydrogens (tertiary/aromatic N) is 4. The van der Waals surface area contributed by atoms with E-state index in [4.69, 9.17) is 5.11 Å². The van der Waals surface area contributed by atoms with Gasteiger partial charge in [0, 0.05) is 37.9 Å². The van der Waals surface area contributed by atoms with E-state index in [1.165, 1.54) is 4.90 Å². The Morgan fingerprint density at radius 3 is 2.75 bits per heavy atom. The molecule has 0 unspecified atom stereocenters. The second kappa shape index (κ2) is 5.37. The van der Waals surface area contributed by atoms with Crippen LogP contribution in [0, 0.1) is 6.92 Å². The van der Waals surface area contributed by atoms with Gasteiger partial charge in [0.2, 0.25) is 0 Å². The van der Waals surface area contributed by atoms with E-state index in [0.29, 0.717) is 25.2 Å². The van der Waals surface area contributed by atoms with Crippen molar-refractivity contribution in [3.05, 3.63) is 16.4 Å². The van der Waals surface area contributed by atoms with Crippen LogP contribution in [0.5, 0.6) is 0 Å². The summed E-state index contributed by atoms with van der Waals surface area (Å²) in [5.41, 5.74) is 1.16. The van der Waals surface area contributed by atoms with Crippen molar-refractivity contribution in [2.75, 3.05) is 26.2 Å². The third-order valence-corrected chi connectivity index (χ3v) is 5.18. The van der Waals surface area contributed by atoms with Crippen molar-refractivity contribution < 1.29 is 9.90 Å². The van der Waals surface area contributed by atoms with E-state index in [-0.39, 0.29) is 0 Å². The number of hydrogen-bond acceptors (Lipinski definition) is 3. The number of piperidine rings is 1. The molecule has 0 radical (unpaired) electrons. The molecule has 6 nitrogen and oxygen atoms in total. The Balaban J connectivity index is 1.57. The summed E-state index contributed by atoms with van der Waals surface area (Å²) in [7, 11) is 0. The predicted molar refractivity (Wildman–Crippen MR) is 77.9 cm³/mol. The van der Waals surface area contributed by atoms with Crippen molar-refractivity contribution >= 4 is 22.0 Å². The third-order valence-electron chi connectivity index (χ3n) is 4.40. The van der Waals surface area contributed by atoms with Crippen molar-refractivity contribution in [1.29, 1.82) is 0 Å². The van der Waals surface area contributed by atoms with Crippen LogP contribution in [0.3, 0.4) is 0 Å². The second-order valence-electron chi connectivity index (χ2n) is 5.65. The second-order valence-corrected chi connectivity index (χ2v) is 6.51. The van der Waals surface area contributed by atoms with Crippen molar-refractivity contribution in [3.63, 3.8) is 0 Å². The Labute approximate surface area is 126 Å². The molecule has 0 bridgehead atoms. The maximum absolute atomic E-state index is 11.1. The number of hydrogen-bond donors (Lipinski definition) is 1. The number of carbonyl (C=O) groups is 1. The molecule has 1 aromatic heterocycles. The summed E-state index contributed by atoms with van der Waals surface area (Å²) < 4.78 is 3.11. The van der Waals surface area contributed by atoms with E-state index in [1.807, 2.05) is 6.20 Å². The first-order valence-electron chi connectivity index (χ1n) is 6.98. The lowest BCUT2D eigenvalue weighted by atomic mass is 9.98. The molecule has 2 aliphatic heterocycles. The van der Waals surface area contributed by atoms with Gasteiger partial charge in [-0.25, -0.2) is 4.79 Å². The number of likely N-dealkylation sites (tertiary alicyclic amines) is 2. The fourth-order valence-electron chi connectivity index (χ4n) is 3.14.